The van der Waals surface area contributed by atoms with Gasteiger partial charge in [-0.15, -0.1) is 0 Å². The maximum absolute atomic E-state index is 11.2. The van der Waals surface area contributed by atoms with Crippen LogP contribution in [0.4, 0.5) is 0 Å². The van der Waals surface area contributed by atoms with E-state index in [0.29, 0.717) is 5.22 Å². The highest BCUT2D eigenvalue weighted by atomic mass is 16.3. The standard InChI is InChI=1S/C23H26N4O2/c1-24-11-9-14-13-25-17-8-7-16(23(29)20(14)17)22-15(10-12-27(2)3)21-18(26-22)5-4-6-19(21)28/h4-8,13,24,28-29H,9-12H2,1-3H3. The lowest BCUT2D eigenvalue weighted by atomic mass is 9.99. The molecule has 150 valence electrons. The Morgan fingerprint density at radius 3 is 2.62 bits per heavy atom. The van der Waals surface area contributed by atoms with Crippen LogP contribution in [0.1, 0.15) is 18.4 Å². The summed E-state index contributed by atoms with van der Waals surface area (Å²) < 4.78 is 0. The molecule has 0 saturated carbocycles. The van der Waals surface area contributed by atoms with Crippen molar-refractivity contribution in [2.45, 2.75) is 12.8 Å². The van der Waals surface area contributed by atoms with Crippen molar-refractivity contribution in [2.24, 2.45) is 9.98 Å². The molecule has 4 rings (SSSR count). The number of aromatic hydroxyl groups is 2. The first-order valence-corrected chi connectivity index (χ1v) is 9.84. The zero-order valence-corrected chi connectivity index (χ0v) is 17.0. The van der Waals surface area contributed by atoms with Crippen molar-refractivity contribution in [3.8, 4) is 11.5 Å². The van der Waals surface area contributed by atoms with Crippen molar-refractivity contribution in [3.63, 3.8) is 0 Å². The van der Waals surface area contributed by atoms with Gasteiger partial charge in [-0.2, -0.15) is 0 Å². The van der Waals surface area contributed by atoms with Gasteiger partial charge in [0, 0.05) is 28.7 Å². The molecule has 0 atom stereocenters. The van der Waals surface area contributed by atoms with Crippen LogP contribution in [0.15, 0.2) is 46.5 Å². The van der Waals surface area contributed by atoms with Crippen LogP contribution in [0.5, 0.6) is 11.5 Å². The number of phenols is 2. The number of phenolic OH excluding ortho intramolecular Hbond substituents is 2. The van der Waals surface area contributed by atoms with Gasteiger partial charge in [-0.1, -0.05) is 6.07 Å². The molecule has 0 radical (unpaired) electrons. The maximum atomic E-state index is 11.2. The average Bonchev–Trinajstić information content (AvgIpc) is 3.27. The van der Waals surface area contributed by atoms with Crippen molar-refractivity contribution < 1.29 is 10.2 Å². The van der Waals surface area contributed by atoms with Crippen LogP contribution in [0.2, 0.25) is 0 Å². The van der Waals surface area contributed by atoms with Gasteiger partial charge in [-0.05, 0) is 75.9 Å². The van der Waals surface area contributed by atoms with E-state index < -0.39 is 0 Å². The summed E-state index contributed by atoms with van der Waals surface area (Å²) in [6.07, 6.45) is 3.34. The highest BCUT2D eigenvalue weighted by Crippen LogP contribution is 2.27. The van der Waals surface area contributed by atoms with Crippen LogP contribution >= 0.6 is 0 Å². The Kier molecular flexibility index (Phi) is 5.22. The SMILES string of the molecule is CNCCC1=CN=c2ccc(=C3N=c4cccc(O)c4=C3CCN(C)C)c(O)c21. The molecular formula is C23H26N4O2. The Bertz CT molecular complexity index is 1240. The van der Waals surface area contributed by atoms with E-state index in [2.05, 4.69) is 15.2 Å². The van der Waals surface area contributed by atoms with Crippen molar-refractivity contribution in [2.75, 3.05) is 34.2 Å². The van der Waals surface area contributed by atoms with Gasteiger partial charge in [0.05, 0.1) is 16.4 Å². The zero-order valence-electron chi connectivity index (χ0n) is 17.0. The van der Waals surface area contributed by atoms with E-state index in [1.165, 1.54) is 0 Å². The van der Waals surface area contributed by atoms with E-state index in [1.54, 1.807) is 12.1 Å². The van der Waals surface area contributed by atoms with Crippen LogP contribution in [0.3, 0.4) is 0 Å². The second-order valence-electron chi connectivity index (χ2n) is 7.66. The number of nitrogens with zero attached hydrogens (tertiary/aromatic N) is 3. The molecule has 6 heteroatoms. The molecule has 2 aromatic rings. The van der Waals surface area contributed by atoms with E-state index >= 15 is 0 Å². The molecule has 0 saturated heterocycles. The number of nitrogens with one attached hydrogen (secondary N) is 1. The molecule has 0 amide bonds. The highest BCUT2D eigenvalue weighted by molar-refractivity contribution is 5.91. The molecule has 0 aromatic heterocycles. The predicted molar refractivity (Wildman–Crippen MR) is 114 cm³/mol. The minimum absolute atomic E-state index is 0.208. The molecule has 0 fully saturated rings. The molecular weight excluding hydrogens is 364 g/mol. The van der Waals surface area contributed by atoms with Crippen LogP contribution < -0.4 is 26.5 Å². The zero-order chi connectivity index (χ0) is 20.5. The number of hydrogen-bond donors (Lipinski definition) is 3. The van der Waals surface area contributed by atoms with Gasteiger partial charge in [-0.25, -0.2) is 4.99 Å². The van der Waals surface area contributed by atoms with Gasteiger partial charge < -0.3 is 20.4 Å². The Labute approximate surface area is 169 Å². The normalized spacial score (nSPS) is 16.4. The third-order valence-corrected chi connectivity index (χ3v) is 5.39. The molecule has 0 unspecified atom stereocenters. The van der Waals surface area contributed by atoms with Crippen molar-refractivity contribution in [1.29, 1.82) is 0 Å². The van der Waals surface area contributed by atoms with Crippen LogP contribution in [-0.4, -0.2) is 49.3 Å². The third kappa shape index (κ3) is 3.45. The monoisotopic (exact) mass is 390 g/mol. The molecule has 0 aliphatic carbocycles. The molecule has 2 heterocycles. The molecule has 2 aliphatic heterocycles. The summed E-state index contributed by atoms with van der Waals surface area (Å²) in [7, 11) is 5.95. The number of hydrogen-bond acceptors (Lipinski definition) is 6. The van der Waals surface area contributed by atoms with Gasteiger partial charge in [0.15, 0.2) is 0 Å². The summed E-state index contributed by atoms with van der Waals surface area (Å²) >= 11 is 0. The maximum Gasteiger partial charge on any atom is 0.134 e. The Morgan fingerprint density at radius 2 is 1.86 bits per heavy atom. The minimum atomic E-state index is 0.208. The van der Waals surface area contributed by atoms with Gasteiger partial charge in [-0.3, -0.25) is 4.99 Å². The average molecular weight is 390 g/mol. The Morgan fingerprint density at radius 1 is 1.03 bits per heavy atom. The molecule has 6 nitrogen and oxygen atoms in total. The Hall–Kier alpha value is -2.96. The third-order valence-electron chi connectivity index (χ3n) is 5.39. The second-order valence-corrected chi connectivity index (χ2v) is 7.66. The van der Waals surface area contributed by atoms with E-state index in [9.17, 15) is 10.2 Å². The summed E-state index contributed by atoms with van der Waals surface area (Å²) in [4.78, 5) is 11.3. The fourth-order valence-corrected chi connectivity index (χ4v) is 3.90. The Balaban J connectivity index is 1.95. The first-order chi connectivity index (χ1) is 14.0. The van der Waals surface area contributed by atoms with Gasteiger partial charge >= 0.3 is 0 Å². The smallest absolute Gasteiger partial charge is 0.134 e. The van der Waals surface area contributed by atoms with Gasteiger partial charge in [0.1, 0.15) is 11.5 Å². The van der Waals surface area contributed by atoms with Crippen LogP contribution in [0, 0.1) is 0 Å². The lowest BCUT2D eigenvalue weighted by Gasteiger charge is -2.12. The summed E-state index contributed by atoms with van der Waals surface area (Å²) in [6.45, 7) is 1.63. The van der Waals surface area contributed by atoms with Crippen molar-refractivity contribution >= 4 is 16.8 Å². The largest absolute Gasteiger partial charge is 0.507 e. The van der Waals surface area contributed by atoms with Crippen LogP contribution in [-0.2, 0) is 0 Å². The van der Waals surface area contributed by atoms with Gasteiger partial charge in [0.25, 0.3) is 0 Å². The fraction of sp³-hybridized carbons (Fsp3) is 0.304. The molecule has 0 bridgehead atoms. The van der Waals surface area contributed by atoms with E-state index in [0.717, 1.165) is 64.3 Å². The molecule has 3 N–H and O–H groups in total. The lowest BCUT2D eigenvalue weighted by Crippen LogP contribution is -2.24. The molecule has 0 spiro atoms. The summed E-state index contributed by atoms with van der Waals surface area (Å²) in [6, 6.07) is 9.19. The number of rotatable bonds is 6. The summed E-state index contributed by atoms with van der Waals surface area (Å²) in [5, 5.41) is 27.8. The van der Waals surface area contributed by atoms with Crippen LogP contribution in [0.25, 0.3) is 16.8 Å². The first kappa shape index (κ1) is 19.4. The lowest BCUT2D eigenvalue weighted by molar-refractivity contribution is 0.419. The highest BCUT2D eigenvalue weighted by Gasteiger charge is 2.21. The number of fused-ring (bicyclic) bond motifs is 2. The fourth-order valence-electron chi connectivity index (χ4n) is 3.90. The van der Waals surface area contributed by atoms with Crippen molar-refractivity contribution in [3.05, 3.63) is 63.2 Å². The van der Waals surface area contributed by atoms with E-state index in [4.69, 9.17) is 4.99 Å². The molecule has 29 heavy (non-hydrogen) atoms. The van der Waals surface area contributed by atoms with Gasteiger partial charge in [0.2, 0.25) is 0 Å². The molecule has 2 aromatic carbocycles. The van der Waals surface area contributed by atoms with E-state index in [1.807, 2.05) is 45.5 Å². The van der Waals surface area contributed by atoms with E-state index in [-0.39, 0.29) is 11.5 Å². The predicted octanol–water partition coefficient (Wildman–Crippen LogP) is 0.225. The van der Waals surface area contributed by atoms with Crippen molar-refractivity contribution in [1.82, 2.24) is 10.2 Å². The quantitative estimate of drug-likeness (QED) is 0.660. The minimum Gasteiger partial charge on any atom is -0.507 e. The summed E-state index contributed by atoms with van der Waals surface area (Å²) in [5.41, 5.74) is 3.48. The summed E-state index contributed by atoms with van der Waals surface area (Å²) in [5.74, 6) is 0.430. The number of benzene rings is 2. The first-order valence-electron chi connectivity index (χ1n) is 9.84. The second kappa shape index (κ2) is 7.81. The molecule has 2 aliphatic rings. The topological polar surface area (TPSA) is 80.5 Å².